The van der Waals surface area contributed by atoms with Crippen molar-refractivity contribution in [2.75, 3.05) is 13.2 Å². The highest BCUT2D eigenvalue weighted by Gasteiger charge is 2.15. The van der Waals surface area contributed by atoms with Gasteiger partial charge in [0.05, 0.1) is 30.1 Å². The third kappa shape index (κ3) is 4.86. The first kappa shape index (κ1) is 21.1. The molecule has 0 saturated carbocycles. The smallest absolute Gasteiger partial charge is 0.255 e. The fourth-order valence-electron chi connectivity index (χ4n) is 3.19. The lowest BCUT2D eigenvalue weighted by Crippen LogP contribution is -2.36. The molecular formula is C23H26N4O3. The highest BCUT2D eigenvalue weighted by molar-refractivity contribution is 5.98. The van der Waals surface area contributed by atoms with E-state index in [1.165, 1.54) is 0 Å². The predicted molar refractivity (Wildman–Crippen MR) is 115 cm³/mol. The van der Waals surface area contributed by atoms with Gasteiger partial charge < -0.3 is 15.4 Å². The molecular weight excluding hydrogens is 380 g/mol. The molecule has 0 radical (unpaired) electrons. The van der Waals surface area contributed by atoms with Gasteiger partial charge in [-0.1, -0.05) is 30.3 Å². The van der Waals surface area contributed by atoms with Gasteiger partial charge in [-0.25, -0.2) is 4.68 Å². The van der Waals surface area contributed by atoms with Gasteiger partial charge in [-0.15, -0.1) is 0 Å². The van der Waals surface area contributed by atoms with Crippen LogP contribution in [0.2, 0.25) is 0 Å². The Hall–Kier alpha value is -3.61. The van der Waals surface area contributed by atoms with E-state index in [2.05, 4.69) is 15.7 Å². The van der Waals surface area contributed by atoms with Gasteiger partial charge >= 0.3 is 0 Å². The second kappa shape index (κ2) is 9.73. The van der Waals surface area contributed by atoms with Crippen LogP contribution in [-0.4, -0.2) is 34.7 Å². The minimum absolute atomic E-state index is 0.121. The molecule has 0 spiro atoms. The number of aryl methyl sites for hydroxylation is 1. The topological polar surface area (TPSA) is 85.2 Å². The number of para-hydroxylation sites is 2. The number of rotatable bonds is 8. The zero-order valence-electron chi connectivity index (χ0n) is 17.4. The van der Waals surface area contributed by atoms with Gasteiger partial charge in [0.2, 0.25) is 5.91 Å². The molecule has 0 aliphatic rings. The highest BCUT2D eigenvalue weighted by atomic mass is 16.5. The van der Waals surface area contributed by atoms with Crippen molar-refractivity contribution in [2.24, 2.45) is 0 Å². The van der Waals surface area contributed by atoms with E-state index in [1.54, 1.807) is 24.3 Å². The lowest BCUT2D eigenvalue weighted by molar-refractivity contribution is -0.120. The molecule has 0 aliphatic carbocycles. The zero-order valence-corrected chi connectivity index (χ0v) is 17.4. The molecule has 7 nitrogen and oxygen atoms in total. The number of aromatic nitrogens is 2. The summed E-state index contributed by atoms with van der Waals surface area (Å²) in [7, 11) is 0. The SMILES string of the molecule is CCOc1ccccc1C(=O)NCC(=O)NCc1c(C)nn(-c2ccccc2)c1C. The molecule has 1 heterocycles. The maximum atomic E-state index is 12.4. The lowest BCUT2D eigenvalue weighted by Gasteiger charge is -2.11. The molecule has 0 unspecified atom stereocenters. The summed E-state index contributed by atoms with van der Waals surface area (Å²) < 4.78 is 7.33. The summed E-state index contributed by atoms with van der Waals surface area (Å²) in [6.07, 6.45) is 0. The first-order valence-corrected chi connectivity index (χ1v) is 9.88. The minimum atomic E-state index is -0.349. The number of benzene rings is 2. The van der Waals surface area contributed by atoms with Crippen molar-refractivity contribution in [1.82, 2.24) is 20.4 Å². The lowest BCUT2D eigenvalue weighted by atomic mass is 10.2. The van der Waals surface area contributed by atoms with Crippen molar-refractivity contribution in [2.45, 2.75) is 27.3 Å². The van der Waals surface area contributed by atoms with Gasteiger partial charge in [0.25, 0.3) is 5.91 Å². The first-order valence-electron chi connectivity index (χ1n) is 9.88. The minimum Gasteiger partial charge on any atom is -0.493 e. The average Bonchev–Trinajstić information content (AvgIpc) is 3.05. The molecule has 0 saturated heterocycles. The standard InChI is InChI=1S/C23H26N4O3/c1-4-30-21-13-9-8-12-19(21)23(29)25-15-22(28)24-14-20-16(2)26-27(17(20)3)18-10-6-5-7-11-18/h5-13H,4,14-15H2,1-3H3,(H,24,28)(H,25,29). The first-order chi connectivity index (χ1) is 14.5. The van der Waals surface area contributed by atoms with E-state index in [0.717, 1.165) is 22.6 Å². The molecule has 3 rings (SSSR count). The van der Waals surface area contributed by atoms with Crippen LogP contribution in [-0.2, 0) is 11.3 Å². The van der Waals surface area contributed by atoms with Crippen LogP contribution in [0.1, 0.15) is 34.2 Å². The number of carbonyl (C=O) groups is 2. The Labute approximate surface area is 176 Å². The van der Waals surface area contributed by atoms with Crippen LogP contribution >= 0.6 is 0 Å². The van der Waals surface area contributed by atoms with Crippen LogP contribution in [0.4, 0.5) is 0 Å². The van der Waals surface area contributed by atoms with E-state index < -0.39 is 0 Å². The van der Waals surface area contributed by atoms with Gasteiger partial charge in [0, 0.05) is 17.8 Å². The second-order valence-electron chi connectivity index (χ2n) is 6.79. The Morgan fingerprint density at radius 1 is 1.00 bits per heavy atom. The summed E-state index contributed by atoms with van der Waals surface area (Å²) in [5.74, 6) is -0.126. The normalized spacial score (nSPS) is 10.5. The summed E-state index contributed by atoms with van der Waals surface area (Å²) in [5, 5.41) is 10.1. The van der Waals surface area contributed by atoms with Gasteiger partial charge in [-0.05, 0) is 45.0 Å². The summed E-state index contributed by atoms with van der Waals surface area (Å²) >= 11 is 0. The number of carbonyl (C=O) groups excluding carboxylic acids is 2. The van der Waals surface area contributed by atoms with Crippen molar-refractivity contribution in [1.29, 1.82) is 0 Å². The summed E-state index contributed by atoms with van der Waals surface area (Å²) in [4.78, 5) is 24.7. The Balaban J connectivity index is 1.58. The maximum Gasteiger partial charge on any atom is 0.255 e. The number of ether oxygens (including phenoxy) is 1. The molecule has 0 fully saturated rings. The maximum absolute atomic E-state index is 12.4. The van der Waals surface area contributed by atoms with Crippen LogP contribution in [0.3, 0.4) is 0 Å². The number of amides is 2. The summed E-state index contributed by atoms with van der Waals surface area (Å²) in [6.45, 7) is 6.42. The van der Waals surface area contributed by atoms with E-state index in [9.17, 15) is 9.59 Å². The Bertz CT molecular complexity index is 1030. The van der Waals surface area contributed by atoms with Crippen LogP contribution < -0.4 is 15.4 Å². The molecule has 30 heavy (non-hydrogen) atoms. The Morgan fingerprint density at radius 3 is 2.43 bits per heavy atom. The van der Waals surface area contributed by atoms with Crippen molar-refractivity contribution in [3.05, 3.63) is 77.1 Å². The molecule has 0 atom stereocenters. The van der Waals surface area contributed by atoms with E-state index in [0.29, 0.717) is 24.5 Å². The molecule has 2 amide bonds. The van der Waals surface area contributed by atoms with Crippen LogP contribution in [0.15, 0.2) is 54.6 Å². The quantitative estimate of drug-likeness (QED) is 0.602. The second-order valence-corrected chi connectivity index (χ2v) is 6.79. The van der Waals surface area contributed by atoms with Gasteiger partial charge in [0.15, 0.2) is 0 Å². The third-order valence-corrected chi connectivity index (χ3v) is 4.75. The van der Waals surface area contributed by atoms with Gasteiger partial charge in [-0.2, -0.15) is 5.10 Å². The number of hydrogen-bond acceptors (Lipinski definition) is 4. The Kier molecular flexibility index (Phi) is 6.85. The molecule has 0 bridgehead atoms. The average molecular weight is 406 g/mol. The van der Waals surface area contributed by atoms with Crippen molar-refractivity contribution in [3.63, 3.8) is 0 Å². The van der Waals surface area contributed by atoms with E-state index in [1.807, 2.05) is 55.8 Å². The van der Waals surface area contributed by atoms with Gasteiger partial charge in [0.1, 0.15) is 5.75 Å². The van der Waals surface area contributed by atoms with Crippen molar-refractivity contribution >= 4 is 11.8 Å². The number of hydrogen-bond donors (Lipinski definition) is 2. The van der Waals surface area contributed by atoms with E-state index in [-0.39, 0.29) is 18.4 Å². The monoisotopic (exact) mass is 406 g/mol. The third-order valence-electron chi connectivity index (χ3n) is 4.75. The summed E-state index contributed by atoms with van der Waals surface area (Å²) in [6, 6.07) is 16.8. The van der Waals surface area contributed by atoms with Crippen LogP contribution in [0.25, 0.3) is 5.69 Å². The number of nitrogens with zero attached hydrogens (tertiary/aromatic N) is 2. The molecule has 0 aliphatic heterocycles. The fourth-order valence-corrected chi connectivity index (χ4v) is 3.19. The van der Waals surface area contributed by atoms with Crippen LogP contribution in [0.5, 0.6) is 5.75 Å². The van der Waals surface area contributed by atoms with Crippen LogP contribution in [0, 0.1) is 13.8 Å². The highest BCUT2D eigenvalue weighted by Crippen LogP contribution is 2.18. The van der Waals surface area contributed by atoms with Crippen molar-refractivity contribution in [3.8, 4) is 11.4 Å². The molecule has 2 aromatic carbocycles. The zero-order chi connectivity index (χ0) is 21.5. The van der Waals surface area contributed by atoms with E-state index in [4.69, 9.17) is 4.74 Å². The fraction of sp³-hybridized carbons (Fsp3) is 0.261. The predicted octanol–water partition coefficient (Wildman–Crippen LogP) is 2.93. The molecule has 156 valence electrons. The Morgan fingerprint density at radius 2 is 1.70 bits per heavy atom. The molecule has 2 N–H and O–H groups in total. The summed E-state index contributed by atoms with van der Waals surface area (Å²) in [5.41, 5.74) is 4.15. The largest absolute Gasteiger partial charge is 0.493 e. The van der Waals surface area contributed by atoms with Crippen molar-refractivity contribution < 1.29 is 14.3 Å². The molecule has 7 heteroatoms. The van der Waals surface area contributed by atoms with E-state index >= 15 is 0 Å². The molecule has 1 aromatic heterocycles. The van der Waals surface area contributed by atoms with Gasteiger partial charge in [-0.3, -0.25) is 9.59 Å². The molecule has 3 aromatic rings. The number of nitrogens with one attached hydrogen (secondary N) is 2.